The van der Waals surface area contributed by atoms with E-state index >= 15 is 0 Å². The molecule has 4 saturated heterocycles. The summed E-state index contributed by atoms with van der Waals surface area (Å²) in [7, 11) is -89.1. The van der Waals surface area contributed by atoms with E-state index in [1.807, 2.05) is 0 Å². The molecule has 0 spiro atoms. The molecule has 4 fully saturated rings. The van der Waals surface area contributed by atoms with Crippen LogP contribution in [0.1, 0.15) is 38.5 Å². The largest absolute Gasteiger partial charge is 1.00 e. The molecule has 4 aliphatic heterocycles. The maximum Gasteiger partial charge on any atom is 1.00 e. The van der Waals surface area contributed by atoms with Gasteiger partial charge in [0.1, 0.15) is 79.4 Å². The predicted molar refractivity (Wildman–Crippen MR) is 350 cm³/mol. The molecule has 0 bridgehead atoms. The fourth-order valence-corrected chi connectivity index (χ4v) is 18.5. The molecule has 0 aromatic heterocycles. The maximum absolute atomic E-state index is 13.5. The molecule has 2 aromatic carbocycles. The molecular weight excluding hydrogens is 2300 g/mol. The number of ether oxygens (including phenoxy) is 8. The van der Waals surface area contributed by atoms with E-state index in [1.54, 1.807) is 43.3 Å². The number of sulfonamides is 1. The van der Waals surface area contributed by atoms with Gasteiger partial charge in [-0.25, -0.2) is 123 Å². The second-order valence-corrected chi connectivity index (χ2v) is 39.4. The van der Waals surface area contributed by atoms with Crippen LogP contribution in [0, 0.1) is 0 Å². The number of fused-ring (bicyclic) bond motifs is 1. The zero-order valence-corrected chi connectivity index (χ0v) is 110. The summed E-state index contributed by atoms with van der Waals surface area (Å²) < 4.78 is 608. The average molecular weight is 2350 g/mol. The van der Waals surface area contributed by atoms with Gasteiger partial charge in [-0.2, -0.15) is 0 Å². The van der Waals surface area contributed by atoms with Crippen molar-refractivity contribution >= 4 is 162 Å². The van der Waals surface area contributed by atoms with E-state index in [2.05, 4.69) is 59.1 Å². The molecule has 4 heterocycles. The summed E-state index contributed by atoms with van der Waals surface area (Å²) >= 11 is 0. The molecule has 712 valence electrons. The molecule has 0 amide bonds. The quantitative estimate of drug-likeness (QED) is 0.0278. The summed E-state index contributed by atoms with van der Waals surface area (Å²) in [6, 6.07) is 9.42. The van der Waals surface area contributed by atoms with Crippen molar-refractivity contribution in [3.63, 3.8) is 0 Å². The van der Waals surface area contributed by atoms with Crippen molar-refractivity contribution in [2.75, 3.05) is 58.6 Å². The molecule has 4 aliphatic rings. The SMILES string of the molecule is CN(C)c1cccc2c(S(=O)(=O)NCCCCCCCCO[C@H]3O[C@H](COS(=O)(=O)[O-])[C@@H](OS(=O)(=O)[O-])[C@H](OS(=O)(=O)[O-])[C@@H]3O[C@H]3O[C@H](COS(=O)(=O)[O-])[C@@H](OS(=O)(=O)[O-])[C@H](O[C@H]4O[C@H](COS(=O)(=O)[O-])[C@@H](OS(=O)(=O)[O-])[C@H](O[C@H]5O[C@H](COS(=O)(=O)[O-])[C@@H](OS(=O)(=O)[O-])[C@H](OS(=O)(=O)[O-])[C@@H]5OS(=O)(=O)[O-])[C@@H]4OS(=O)(=O)[O-])[C@@H]3OS(=O)(=O)[O-])cccc12.[Na+].[Na+].[Na+].[Na+].[Na+].[Na+].[Na+].[Na+].[Na+].[Na+].[Na+].[Na+].[Na+]. The number of benzene rings is 2. The van der Waals surface area contributed by atoms with E-state index in [0.717, 1.165) is 0 Å². The standard InChI is InChI=1S/C44H70N2O62S14.13Na/c1-46(2)23-13-9-12-22-21(23)11-10-14-28(22)109(47,48)45-15-7-5-3-4-6-8-16-88-41-37(35(104-118(73,74)75)31(102-116(67,68)69)26(93-41)19-91-112(55,56)57)99-43-39(107-121(82,83)84)34(30(101-115(64,65)66)25(95-43)18-90-111(52,53)54)97-42-38(106-120(79,80)81)33(29(100-114(61,62)63)24(94-42)17-89-110(49,50)51)98-44-40(108-122(85,86)87)36(105-119(76,77)78)32(103-117(70,71)72)27(96-44)20-92-113(58,59)60;;;;;;;;;;;;;/h9-14,24-27,29-45H,3-8,15-20H2,1-2H3,(H,49,50,51)(H,52,53,54)(H,55,56,57)(H,58,59,60)(H,61,62,63)(H,64,65,66)(H,67,68,69)(H,70,71,72)(H,73,74,75)(H,76,77,78)(H,79,80,81)(H,82,83,84)(H,85,86,87);;;;;;;;;;;;;/q;13*+1/p-13/t24-,25-,26-,27-,29-,30-,31-,32-,33+,34+,35+,36+,37+,38+,39+,40+,41+,42-,43-,44-;;;;;;;;;;;;;/m1............./s1. The molecular formula is C44H57N2Na13O62S14. The molecule has 0 saturated carbocycles. The summed E-state index contributed by atoms with van der Waals surface area (Å²) in [5.41, 5.74) is 0.669. The van der Waals surface area contributed by atoms with Crippen LogP contribution < -0.4 is 394 Å². The molecule has 64 nitrogen and oxygen atoms in total. The first-order valence-corrected chi connectivity index (χ1v) is 50.5. The second kappa shape index (κ2) is 67.0. The topological polar surface area (TPSA) is 987 Å². The van der Waals surface area contributed by atoms with Gasteiger partial charge in [-0.3, -0.25) is 54.4 Å². The molecule has 6 rings (SSSR count). The minimum absolute atomic E-state index is 0. The monoisotopic (exact) mass is 2350 g/mol. The van der Waals surface area contributed by atoms with E-state index in [-0.39, 0.29) is 428 Å². The summed E-state index contributed by atoms with van der Waals surface area (Å²) in [5, 5.41) is 0.925. The van der Waals surface area contributed by atoms with Gasteiger partial charge >= 0.3 is 384 Å². The zero-order valence-electron chi connectivity index (χ0n) is 72.5. The third kappa shape index (κ3) is 60.1. The Morgan fingerprint density at radius 1 is 0.274 bits per heavy atom. The Morgan fingerprint density at radius 2 is 0.511 bits per heavy atom. The number of hydrogen-bond donors (Lipinski definition) is 1. The van der Waals surface area contributed by atoms with Gasteiger partial charge in [0.05, 0.1) is 31.3 Å². The van der Waals surface area contributed by atoms with Crippen LogP contribution in [-0.2, 0) is 237 Å². The van der Waals surface area contributed by atoms with Crippen LogP contribution in [0.4, 0.5) is 5.69 Å². The van der Waals surface area contributed by atoms with Crippen LogP contribution in [0.15, 0.2) is 41.3 Å². The normalized spacial score (nSPS) is 26.1. The smallest absolute Gasteiger partial charge is 0.726 e. The van der Waals surface area contributed by atoms with Gasteiger partial charge in [-0.05, 0) is 25.0 Å². The molecule has 135 heavy (non-hydrogen) atoms. The van der Waals surface area contributed by atoms with Crippen molar-refractivity contribution < 1.29 is 654 Å². The third-order valence-electron chi connectivity index (χ3n) is 15.6. The van der Waals surface area contributed by atoms with Crippen molar-refractivity contribution in [2.45, 2.75) is 166 Å². The maximum atomic E-state index is 13.5. The minimum atomic E-state index is -7.24. The van der Waals surface area contributed by atoms with Gasteiger partial charge in [-0.15, -0.1) is 0 Å². The zero-order chi connectivity index (χ0) is 92.7. The van der Waals surface area contributed by atoms with E-state index in [1.165, 1.54) is 12.1 Å². The molecule has 2 aromatic rings. The van der Waals surface area contributed by atoms with Crippen molar-refractivity contribution in [3.8, 4) is 0 Å². The summed E-state index contributed by atoms with van der Waals surface area (Å²) in [6.07, 6.45) is -76.0. The summed E-state index contributed by atoms with van der Waals surface area (Å²) in [6.45, 7) is -10.8. The van der Waals surface area contributed by atoms with Crippen molar-refractivity contribution in [1.82, 2.24) is 4.72 Å². The first-order valence-electron chi connectivity index (χ1n) is 31.7. The Kier molecular flexibility index (Phi) is 79.2. The van der Waals surface area contributed by atoms with E-state index in [0.29, 0.717) is 16.5 Å². The second-order valence-electron chi connectivity index (χ2n) is 24.4. The van der Waals surface area contributed by atoms with E-state index in [4.69, 9.17) is 37.9 Å². The molecule has 20 atom stereocenters. The Hall–Kier alpha value is 9.40. The van der Waals surface area contributed by atoms with Crippen molar-refractivity contribution in [3.05, 3.63) is 36.4 Å². The average Bonchev–Trinajstić information content (AvgIpc) is 0.747. The van der Waals surface area contributed by atoms with Gasteiger partial charge in [0, 0.05) is 43.7 Å². The third-order valence-corrected chi connectivity index (χ3v) is 22.9. The fraction of sp³-hybridized carbons (Fsp3) is 0.773. The van der Waals surface area contributed by atoms with E-state index in [9.17, 15) is 177 Å². The molecule has 0 radical (unpaired) electrons. The Labute approximate surface area is 1060 Å². The fourth-order valence-electron chi connectivity index (χ4n) is 11.6. The van der Waals surface area contributed by atoms with Crippen molar-refractivity contribution in [2.24, 2.45) is 0 Å². The van der Waals surface area contributed by atoms with Gasteiger partial charge in [-0.1, -0.05) is 49.9 Å². The Morgan fingerprint density at radius 3 is 0.807 bits per heavy atom. The van der Waals surface area contributed by atoms with Gasteiger partial charge < -0.3 is 102 Å². The van der Waals surface area contributed by atoms with Crippen LogP contribution in [-0.4, -0.2) is 354 Å². The molecule has 1 N–H and O–H groups in total. The minimum Gasteiger partial charge on any atom is -0.726 e. The Bertz CT molecular complexity index is 5730. The number of anilines is 1. The Balaban J connectivity index is -0.00000207. The number of nitrogens with one attached hydrogen (secondary N) is 1. The number of unbranched alkanes of at least 4 members (excludes halogenated alkanes) is 5. The summed E-state index contributed by atoms with van der Waals surface area (Å²) in [5.74, 6) is 0. The van der Waals surface area contributed by atoms with Crippen LogP contribution >= 0.6 is 0 Å². The van der Waals surface area contributed by atoms with Crippen LogP contribution in [0.25, 0.3) is 10.8 Å². The van der Waals surface area contributed by atoms with Gasteiger partial charge in [0.25, 0.3) is 0 Å². The van der Waals surface area contributed by atoms with E-state index < -0.39 is 307 Å². The molecule has 0 unspecified atom stereocenters. The first kappa shape index (κ1) is 160. The number of nitrogens with zero attached hydrogens (tertiary/aromatic N) is 1. The molecule has 0 aliphatic carbocycles. The van der Waals surface area contributed by atoms with Crippen LogP contribution in [0.2, 0.25) is 0 Å². The number of hydrogen-bond acceptors (Lipinski definition) is 63. The summed E-state index contributed by atoms with van der Waals surface area (Å²) in [4.78, 5) is 1.64. The van der Waals surface area contributed by atoms with Crippen molar-refractivity contribution in [1.29, 1.82) is 0 Å². The molecule has 91 heteroatoms. The van der Waals surface area contributed by atoms with Crippen LogP contribution in [0.3, 0.4) is 0 Å². The predicted octanol–water partition coefficient (Wildman–Crippen LogP) is -50.8. The van der Waals surface area contributed by atoms with Gasteiger partial charge in [0.15, 0.2) is 43.5 Å². The van der Waals surface area contributed by atoms with Gasteiger partial charge in [0.2, 0.25) is 145 Å². The number of rotatable bonds is 49. The van der Waals surface area contributed by atoms with Crippen LogP contribution in [0.5, 0.6) is 0 Å². The first-order chi connectivity index (χ1) is 55.1.